The van der Waals surface area contributed by atoms with Crippen molar-refractivity contribution < 1.29 is 18.3 Å². The smallest absolute Gasteiger partial charge is 0.387 e. The van der Waals surface area contributed by atoms with Gasteiger partial charge in [0, 0.05) is 19.1 Å². The maximum absolute atomic E-state index is 12.3. The lowest BCUT2D eigenvalue weighted by Gasteiger charge is -2.30. The first-order chi connectivity index (χ1) is 9.08. The molecule has 112 valence electrons. The molecule has 1 aliphatic heterocycles. The fraction of sp³-hybridized carbons (Fsp3) is 0.462. The van der Waals surface area contributed by atoms with E-state index in [1.54, 1.807) is 17.0 Å². The van der Waals surface area contributed by atoms with Crippen LogP contribution in [0.15, 0.2) is 24.3 Å². The maximum Gasteiger partial charge on any atom is 0.387 e. The van der Waals surface area contributed by atoms with Crippen molar-refractivity contribution in [3.8, 4) is 5.75 Å². The number of alkyl halides is 2. The van der Waals surface area contributed by atoms with Crippen molar-refractivity contribution in [2.45, 2.75) is 25.5 Å². The predicted molar refractivity (Wildman–Crippen MR) is 73.4 cm³/mol. The SMILES string of the molecule is Cl.NC1CCN(C(=O)c2ccccc2OC(F)F)CC1. The third kappa shape index (κ3) is 4.05. The first kappa shape index (κ1) is 16.7. The number of nitrogens with zero attached hydrogens (tertiary/aromatic N) is 1. The number of ether oxygens (including phenoxy) is 1. The van der Waals surface area contributed by atoms with Crippen molar-refractivity contribution in [2.75, 3.05) is 13.1 Å². The highest BCUT2D eigenvalue weighted by Gasteiger charge is 2.24. The van der Waals surface area contributed by atoms with E-state index in [-0.39, 0.29) is 35.7 Å². The number of halogens is 3. The molecule has 0 aromatic heterocycles. The van der Waals surface area contributed by atoms with Crippen molar-refractivity contribution in [2.24, 2.45) is 5.73 Å². The number of rotatable bonds is 3. The summed E-state index contributed by atoms with van der Waals surface area (Å²) in [5.74, 6) is -0.375. The highest BCUT2D eigenvalue weighted by atomic mass is 35.5. The number of hydrogen-bond donors (Lipinski definition) is 1. The molecule has 1 saturated heterocycles. The summed E-state index contributed by atoms with van der Waals surface area (Å²) in [6, 6.07) is 6.16. The largest absolute Gasteiger partial charge is 0.434 e. The summed E-state index contributed by atoms with van der Waals surface area (Å²) in [4.78, 5) is 13.9. The molecule has 2 N–H and O–H groups in total. The molecule has 1 heterocycles. The molecule has 0 saturated carbocycles. The van der Waals surface area contributed by atoms with Gasteiger partial charge < -0.3 is 15.4 Å². The number of likely N-dealkylation sites (tertiary alicyclic amines) is 1. The van der Waals surface area contributed by atoms with E-state index in [4.69, 9.17) is 5.73 Å². The van der Waals surface area contributed by atoms with Crippen molar-refractivity contribution in [1.82, 2.24) is 4.90 Å². The van der Waals surface area contributed by atoms with E-state index in [0.29, 0.717) is 13.1 Å². The molecule has 4 nitrogen and oxygen atoms in total. The molecule has 0 bridgehead atoms. The Hall–Kier alpha value is -1.40. The van der Waals surface area contributed by atoms with Gasteiger partial charge in [-0.2, -0.15) is 8.78 Å². The van der Waals surface area contributed by atoms with E-state index < -0.39 is 6.61 Å². The molecule has 1 aliphatic rings. The van der Waals surface area contributed by atoms with Crippen LogP contribution in [0.1, 0.15) is 23.2 Å². The van der Waals surface area contributed by atoms with Crippen LogP contribution in [0.3, 0.4) is 0 Å². The third-order valence-electron chi connectivity index (χ3n) is 3.16. The average Bonchev–Trinajstić information content (AvgIpc) is 2.39. The minimum Gasteiger partial charge on any atom is -0.434 e. The van der Waals surface area contributed by atoms with Gasteiger partial charge in [0.1, 0.15) is 5.75 Å². The van der Waals surface area contributed by atoms with Crippen molar-refractivity contribution in [3.63, 3.8) is 0 Å². The highest BCUT2D eigenvalue weighted by molar-refractivity contribution is 5.97. The first-order valence-electron chi connectivity index (χ1n) is 6.16. The second-order valence-electron chi connectivity index (χ2n) is 4.50. The normalized spacial score (nSPS) is 15.9. The number of carbonyl (C=O) groups is 1. The second kappa shape index (κ2) is 7.40. The van der Waals surface area contributed by atoms with Crippen LogP contribution in [0.25, 0.3) is 0 Å². The Balaban J connectivity index is 0.00000200. The molecule has 0 spiro atoms. The monoisotopic (exact) mass is 306 g/mol. The number of hydrogen-bond acceptors (Lipinski definition) is 3. The van der Waals surface area contributed by atoms with E-state index in [1.807, 2.05) is 0 Å². The molecule has 0 aliphatic carbocycles. The minimum atomic E-state index is -2.94. The van der Waals surface area contributed by atoms with Crippen LogP contribution >= 0.6 is 12.4 Å². The fourth-order valence-corrected chi connectivity index (χ4v) is 2.11. The number of benzene rings is 1. The lowest BCUT2D eigenvalue weighted by Crippen LogP contribution is -2.43. The number of piperidine rings is 1. The Morgan fingerprint density at radius 2 is 1.90 bits per heavy atom. The molecule has 1 amide bonds. The number of amides is 1. The van der Waals surface area contributed by atoms with Crippen LogP contribution in [0.4, 0.5) is 8.78 Å². The summed E-state index contributed by atoms with van der Waals surface area (Å²) < 4.78 is 29.0. The van der Waals surface area contributed by atoms with Gasteiger partial charge in [0.15, 0.2) is 0 Å². The van der Waals surface area contributed by atoms with Gasteiger partial charge in [-0.05, 0) is 25.0 Å². The topological polar surface area (TPSA) is 55.6 Å². The summed E-state index contributed by atoms with van der Waals surface area (Å²) in [6.45, 7) is -1.85. The number of carbonyl (C=O) groups excluding carboxylic acids is 1. The van der Waals surface area contributed by atoms with Crippen molar-refractivity contribution >= 4 is 18.3 Å². The van der Waals surface area contributed by atoms with Gasteiger partial charge in [-0.3, -0.25) is 4.79 Å². The lowest BCUT2D eigenvalue weighted by molar-refractivity contribution is -0.0503. The Morgan fingerprint density at radius 3 is 2.50 bits per heavy atom. The summed E-state index contributed by atoms with van der Waals surface area (Å²) in [5, 5.41) is 0. The maximum atomic E-state index is 12.3. The summed E-state index contributed by atoms with van der Waals surface area (Å²) in [5.41, 5.74) is 5.93. The van der Waals surface area contributed by atoms with Gasteiger partial charge in [-0.25, -0.2) is 0 Å². The van der Waals surface area contributed by atoms with E-state index in [2.05, 4.69) is 4.74 Å². The van der Waals surface area contributed by atoms with Gasteiger partial charge in [-0.15, -0.1) is 12.4 Å². The zero-order chi connectivity index (χ0) is 13.8. The molecule has 0 atom stereocenters. The van der Waals surface area contributed by atoms with Crippen LogP contribution in [0.5, 0.6) is 5.75 Å². The fourth-order valence-electron chi connectivity index (χ4n) is 2.11. The van der Waals surface area contributed by atoms with E-state index in [1.165, 1.54) is 12.1 Å². The van der Waals surface area contributed by atoms with Crippen molar-refractivity contribution in [3.05, 3.63) is 29.8 Å². The third-order valence-corrected chi connectivity index (χ3v) is 3.16. The average molecular weight is 307 g/mol. The van der Waals surface area contributed by atoms with E-state index >= 15 is 0 Å². The Bertz CT molecular complexity index is 452. The zero-order valence-electron chi connectivity index (χ0n) is 10.8. The first-order valence-corrected chi connectivity index (χ1v) is 6.16. The molecule has 7 heteroatoms. The summed E-state index contributed by atoms with van der Waals surface area (Å²) >= 11 is 0. The van der Waals surface area contributed by atoms with Crippen LogP contribution in [0.2, 0.25) is 0 Å². The molecule has 2 rings (SSSR count). The van der Waals surface area contributed by atoms with Crippen LogP contribution < -0.4 is 10.5 Å². The molecular formula is C13H17ClF2N2O2. The molecule has 0 radical (unpaired) electrons. The van der Waals surface area contributed by atoms with Gasteiger partial charge in [-0.1, -0.05) is 12.1 Å². The lowest BCUT2D eigenvalue weighted by atomic mass is 10.0. The second-order valence-corrected chi connectivity index (χ2v) is 4.50. The zero-order valence-corrected chi connectivity index (χ0v) is 11.6. The van der Waals surface area contributed by atoms with Gasteiger partial charge in [0.2, 0.25) is 0 Å². The summed E-state index contributed by atoms with van der Waals surface area (Å²) in [7, 11) is 0. The van der Waals surface area contributed by atoms with Gasteiger partial charge >= 0.3 is 6.61 Å². The predicted octanol–water partition coefficient (Wildman–Crippen LogP) is 2.27. The minimum absolute atomic E-state index is 0. The van der Waals surface area contributed by atoms with Gasteiger partial charge in [0.25, 0.3) is 5.91 Å². The molecular weight excluding hydrogens is 290 g/mol. The Kier molecular flexibility index (Phi) is 6.16. The molecule has 1 aromatic rings. The number of nitrogens with two attached hydrogens (primary N) is 1. The molecule has 0 unspecified atom stereocenters. The van der Waals surface area contributed by atoms with Crippen molar-refractivity contribution in [1.29, 1.82) is 0 Å². The Morgan fingerprint density at radius 1 is 1.30 bits per heavy atom. The molecule has 1 aromatic carbocycles. The molecule has 20 heavy (non-hydrogen) atoms. The van der Waals surface area contributed by atoms with Gasteiger partial charge in [0.05, 0.1) is 5.56 Å². The van der Waals surface area contributed by atoms with Crippen LogP contribution in [-0.2, 0) is 0 Å². The Labute approximate surface area is 122 Å². The van der Waals surface area contributed by atoms with E-state index in [0.717, 1.165) is 12.8 Å². The van der Waals surface area contributed by atoms with E-state index in [9.17, 15) is 13.6 Å². The standard InChI is InChI=1S/C13H16F2N2O2.ClH/c14-13(15)19-11-4-2-1-3-10(11)12(18)17-7-5-9(16)6-8-17;/h1-4,9,13H,5-8,16H2;1H. The van der Waals surface area contributed by atoms with Crippen LogP contribution in [0, 0.1) is 0 Å². The van der Waals surface area contributed by atoms with Crippen LogP contribution in [-0.4, -0.2) is 36.5 Å². The number of para-hydroxylation sites is 1. The summed E-state index contributed by atoms with van der Waals surface area (Å²) in [6.07, 6.45) is 1.45. The molecule has 1 fully saturated rings. The quantitative estimate of drug-likeness (QED) is 0.932. The highest BCUT2D eigenvalue weighted by Crippen LogP contribution is 2.23.